The number of carbonyl (C=O) groups is 1. The topological polar surface area (TPSA) is 68.0 Å². The fraction of sp³-hybridized carbons (Fsp3) is 0.692. The molecule has 1 aliphatic rings. The second-order valence-electron chi connectivity index (χ2n) is 5.23. The molecular weight excluding hydrogens is 317 g/mol. The van der Waals surface area contributed by atoms with Crippen LogP contribution in [0.25, 0.3) is 0 Å². The van der Waals surface area contributed by atoms with E-state index in [-0.39, 0.29) is 36.8 Å². The highest BCUT2D eigenvalue weighted by molar-refractivity contribution is 7.09. The van der Waals surface area contributed by atoms with Gasteiger partial charge in [-0.3, -0.25) is 4.79 Å². The van der Waals surface area contributed by atoms with Crippen molar-refractivity contribution >= 4 is 42.1 Å². The van der Waals surface area contributed by atoms with Gasteiger partial charge in [-0.05, 0) is 25.3 Å². The smallest absolute Gasteiger partial charge is 0.270 e. The van der Waals surface area contributed by atoms with E-state index >= 15 is 0 Å². The molecule has 0 spiro atoms. The molecule has 0 bridgehead atoms. The van der Waals surface area contributed by atoms with Crippen molar-refractivity contribution in [1.29, 1.82) is 0 Å². The first-order valence-electron chi connectivity index (χ1n) is 6.58. The van der Waals surface area contributed by atoms with Gasteiger partial charge in [-0.15, -0.1) is 36.2 Å². The minimum Gasteiger partial charge on any atom is -0.348 e. The fourth-order valence-corrected chi connectivity index (χ4v) is 3.22. The second-order valence-corrected chi connectivity index (χ2v) is 6.12. The average Bonchev–Trinajstić information content (AvgIpc) is 2.96. The lowest BCUT2D eigenvalue weighted by Crippen LogP contribution is -2.40. The third-order valence-electron chi connectivity index (χ3n) is 3.53. The molecule has 3 N–H and O–H groups in total. The number of halogens is 2. The van der Waals surface area contributed by atoms with Gasteiger partial charge < -0.3 is 11.1 Å². The van der Waals surface area contributed by atoms with Crippen LogP contribution in [0.3, 0.4) is 0 Å². The molecule has 1 aromatic rings. The van der Waals surface area contributed by atoms with Crippen LogP contribution in [0.15, 0.2) is 5.38 Å². The number of nitrogens with zero attached hydrogens (tertiary/aromatic N) is 1. The van der Waals surface area contributed by atoms with Crippen LogP contribution in [0.1, 0.15) is 54.5 Å². The molecule has 4 nitrogen and oxygen atoms in total. The van der Waals surface area contributed by atoms with Crippen LogP contribution in [-0.2, 0) is 0 Å². The van der Waals surface area contributed by atoms with Gasteiger partial charge in [0.2, 0.25) is 0 Å². The Bertz CT molecular complexity index is 426. The molecule has 1 saturated carbocycles. The van der Waals surface area contributed by atoms with E-state index in [2.05, 4.69) is 24.1 Å². The van der Waals surface area contributed by atoms with Gasteiger partial charge >= 0.3 is 0 Å². The first kappa shape index (κ1) is 19.6. The highest BCUT2D eigenvalue weighted by Crippen LogP contribution is 2.25. The van der Waals surface area contributed by atoms with Crippen molar-refractivity contribution in [3.8, 4) is 0 Å². The standard InChI is InChI=1S/C13H21N3OS.2ClH/c1-8(2)13-16-11(7-18-13)12(17)15-10-5-3-4-9(10)6-14;;/h7-10H,3-6,14H2,1-2H3,(H,15,17);2*1H. The minimum atomic E-state index is -0.0523. The Balaban J connectivity index is 0.00000180. The van der Waals surface area contributed by atoms with Crippen LogP contribution >= 0.6 is 36.2 Å². The van der Waals surface area contributed by atoms with Crippen molar-refractivity contribution in [1.82, 2.24) is 10.3 Å². The van der Waals surface area contributed by atoms with Crippen molar-refractivity contribution < 1.29 is 4.79 Å². The quantitative estimate of drug-likeness (QED) is 0.885. The summed E-state index contributed by atoms with van der Waals surface area (Å²) in [6.07, 6.45) is 3.31. The molecule has 0 saturated heterocycles. The molecule has 116 valence electrons. The SMILES string of the molecule is CC(C)c1nc(C(=O)NC2CCCC2CN)cs1.Cl.Cl. The van der Waals surface area contributed by atoms with Gasteiger partial charge in [-0.2, -0.15) is 0 Å². The molecule has 7 heteroatoms. The van der Waals surface area contributed by atoms with E-state index in [1.807, 2.05) is 5.38 Å². The van der Waals surface area contributed by atoms with Gasteiger partial charge in [0.1, 0.15) is 5.69 Å². The molecule has 1 aromatic heterocycles. The molecule has 1 fully saturated rings. The number of nitrogens with one attached hydrogen (secondary N) is 1. The highest BCUT2D eigenvalue weighted by atomic mass is 35.5. The fourth-order valence-electron chi connectivity index (χ4n) is 2.41. The number of aromatic nitrogens is 1. The molecule has 2 atom stereocenters. The molecule has 2 unspecified atom stereocenters. The zero-order valence-electron chi connectivity index (χ0n) is 11.8. The van der Waals surface area contributed by atoms with E-state index in [1.54, 1.807) is 11.3 Å². The van der Waals surface area contributed by atoms with E-state index in [0.29, 0.717) is 24.1 Å². The number of rotatable bonds is 4. The Morgan fingerprint density at radius 3 is 2.75 bits per heavy atom. The number of hydrogen-bond acceptors (Lipinski definition) is 4. The first-order chi connectivity index (χ1) is 8.61. The van der Waals surface area contributed by atoms with E-state index in [4.69, 9.17) is 5.73 Å². The Kier molecular flexibility index (Phi) is 8.66. The Morgan fingerprint density at radius 1 is 1.50 bits per heavy atom. The first-order valence-corrected chi connectivity index (χ1v) is 7.46. The Hall–Kier alpha value is -0.360. The van der Waals surface area contributed by atoms with Gasteiger partial charge in [0.15, 0.2) is 0 Å². The van der Waals surface area contributed by atoms with Crippen LogP contribution in [0.4, 0.5) is 0 Å². The lowest BCUT2D eigenvalue weighted by atomic mass is 10.0. The Morgan fingerprint density at radius 2 is 2.20 bits per heavy atom. The predicted octanol–water partition coefficient (Wildman–Crippen LogP) is 2.97. The van der Waals surface area contributed by atoms with Gasteiger partial charge in [0, 0.05) is 17.3 Å². The van der Waals surface area contributed by atoms with E-state index < -0.39 is 0 Å². The summed E-state index contributed by atoms with van der Waals surface area (Å²) in [4.78, 5) is 16.5. The van der Waals surface area contributed by atoms with Crippen molar-refractivity contribution in [3.05, 3.63) is 16.1 Å². The molecule has 2 rings (SSSR count). The molecule has 0 radical (unpaired) electrons. The van der Waals surface area contributed by atoms with Crippen LogP contribution in [0, 0.1) is 5.92 Å². The molecule has 20 heavy (non-hydrogen) atoms. The summed E-state index contributed by atoms with van der Waals surface area (Å²) in [5.41, 5.74) is 6.27. The number of hydrogen-bond donors (Lipinski definition) is 2. The van der Waals surface area contributed by atoms with Crippen molar-refractivity contribution in [3.63, 3.8) is 0 Å². The zero-order chi connectivity index (χ0) is 13.1. The largest absolute Gasteiger partial charge is 0.348 e. The van der Waals surface area contributed by atoms with Crippen LogP contribution in [0.5, 0.6) is 0 Å². The number of nitrogens with two attached hydrogens (primary N) is 1. The lowest BCUT2D eigenvalue weighted by molar-refractivity contribution is 0.0924. The van der Waals surface area contributed by atoms with Gasteiger partial charge in [-0.25, -0.2) is 4.98 Å². The van der Waals surface area contributed by atoms with Crippen molar-refractivity contribution in [2.24, 2.45) is 11.7 Å². The molecular formula is C13H23Cl2N3OS. The molecule has 0 aromatic carbocycles. The molecule has 0 aliphatic heterocycles. The maximum Gasteiger partial charge on any atom is 0.270 e. The highest BCUT2D eigenvalue weighted by Gasteiger charge is 2.28. The average molecular weight is 340 g/mol. The number of carbonyl (C=O) groups excluding carboxylic acids is 1. The van der Waals surface area contributed by atoms with Gasteiger partial charge in [-0.1, -0.05) is 20.3 Å². The van der Waals surface area contributed by atoms with E-state index in [9.17, 15) is 4.79 Å². The number of thiazole rings is 1. The van der Waals surface area contributed by atoms with Gasteiger partial charge in [0.05, 0.1) is 5.01 Å². The van der Waals surface area contributed by atoms with Crippen LogP contribution in [-0.4, -0.2) is 23.5 Å². The predicted molar refractivity (Wildman–Crippen MR) is 88.3 cm³/mol. The molecule has 1 heterocycles. The molecule has 1 amide bonds. The summed E-state index contributed by atoms with van der Waals surface area (Å²) in [6.45, 7) is 4.82. The summed E-state index contributed by atoms with van der Waals surface area (Å²) in [6, 6.07) is 0.228. The maximum atomic E-state index is 12.1. The summed E-state index contributed by atoms with van der Waals surface area (Å²) >= 11 is 1.55. The summed E-state index contributed by atoms with van der Waals surface area (Å²) in [7, 11) is 0. The minimum absolute atomic E-state index is 0. The van der Waals surface area contributed by atoms with Crippen molar-refractivity contribution in [2.75, 3.05) is 6.54 Å². The lowest BCUT2D eigenvalue weighted by Gasteiger charge is -2.18. The zero-order valence-corrected chi connectivity index (χ0v) is 14.2. The second kappa shape index (κ2) is 8.82. The summed E-state index contributed by atoms with van der Waals surface area (Å²) in [5, 5.41) is 5.93. The third-order valence-corrected chi connectivity index (χ3v) is 4.67. The molecule has 1 aliphatic carbocycles. The maximum absolute atomic E-state index is 12.1. The summed E-state index contributed by atoms with van der Waals surface area (Å²) in [5.74, 6) is 0.750. The van der Waals surface area contributed by atoms with Gasteiger partial charge in [0.25, 0.3) is 5.91 Å². The van der Waals surface area contributed by atoms with E-state index in [1.165, 1.54) is 0 Å². The van der Waals surface area contributed by atoms with Crippen LogP contribution < -0.4 is 11.1 Å². The normalized spacial score (nSPS) is 21.2. The van der Waals surface area contributed by atoms with Crippen LogP contribution in [0.2, 0.25) is 0 Å². The summed E-state index contributed by atoms with van der Waals surface area (Å²) < 4.78 is 0. The Labute approximate surface area is 136 Å². The number of amides is 1. The van der Waals surface area contributed by atoms with Crippen molar-refractivity contribution in [2.45, 2.75) is 45.1 Å². The monoisotopic (exact) mass is 339 g/mol. The third kappa shape index (κ3) is 4.58. The van der Waals surface area contributed by atoms with E-state index in [0.717, 1.165) is 24.3 Å².